The standard InChI is InChI=1S/C13H21N3O2S/c1-3-18-13(17)11(12-10(2)15-9-19-12)16-7-4-5-14-6-8-16/h9,11,14H,3-8H2,1-2H3. The summed E-state index contributed by atoms with van der Waals surface area (Å²) in [6.45, 7) is 7.90. The van der Waals surface area contributed by atoms with Crippen molar-refractivity contribution in [2.75, 3.05) is 32.8 Å². The quantitative estimate of drug-likeness (QED) is 0.845. The highest BCUT2D eigenvalue weighted by Gasteiger charge is 2.31. The Balaban J connectivity index is 2.22. The SMILES string of the molecule is CCOC(=O)C(c1scnc1C)N1CCCNCC1. The number of carbonyl (C=O) groups is 1. The van der Waals surface area contributed by atoms with Gasteiger partial charge in [0.25, 0.3) is 0 Å². The fourth-order valence-corrected chi connectivity index (χ4v) is 3.26. The molecule has 2 heterocycles. The van der Waals surface area contributed by atoms with Gasteiger partial charge in [0.15, 0.2) is 0 Å². The molecule has 1 atom stereocenters. The first-order valence-corrected chi connectivity index (χ1v) is 7.63. The molecule has 0 aromatic carbocycles. The Morgan fingerprint density at radius 3 is 3.11 bits per heavy atom. The van der Waals surface area contributed by atoms with E-state index in [1.807, 2.05) is 13.8 Å². The molecule has 5 nitrogen and oxygen atoms in total. The monoisotopic (exact) mass is 283 g/mol. The maximum absolute atomic E-state index is 12.3. The van der Waals surface area contributed by atoms with Crippen molar-refractivity contribution in [3.8, 4) is 0 Å². The van der Waals surface area contributed by atoms with E-state index in [1.165, 1.54) is 11.3 Å². The van der Waals surface area contributed by atoms with Gasteiger partial charge in [0, 0.05) is 19.6 Å². The summed E-state index contributed by atoms with van der Waals surface area (Å²) in [4.78, 5) is 19.8. The lowest BCUT2D eigenvalue weighted by atomic mass is 10.1. The van der Waals surface area contributed by atoms with E-state index in [9.17, 15) is 4.79 Å². The number of rotatable bonds is 4. The molecule has 1 aromatic heterocycles. The first-order valence-electron chi connectivity index (χ1n) is 6.75. The Bertz CT molecular complexity index is 414. The lowest BCUT2D eigenvalue weighted by Crippen LogP contribution is -2.37. The Morgan fingerprint density at radius 2 is 2.42 bits per heavy atom. The highest BCUT2D eigenvalue weighted by molar-refractivity contribution is 7.10. The smallest absolute Gasteiger partial charge is 0.328 e. The van der Waals surface area contributed by atoms with Gasteiger partial charge >= 0.3 is 5.97 Å². The van der Waals surface area contributed by atoms with E-state index in [4.69, 9.17) is 4.74 Å². The van der Waals surface area contributed by atoms with Crippen molar-refractivity contribution >= 4 is 17.3 Å². The molecule has 1 aromatic rings. The van der Waals surface area contributed by atoms with Crippen LogP contribution in [0.1, 0.15) is 30.0 Å². The average Bonchev–Trinajstić information content (AvgIpc) is 2.66. The van der Waals surface area contributed by atoms with Gasteiger partial charge in [-0.15, -0.1) is 11.3 Å². The maximum atomic E-state index is 12.3. The number of aryl methyl sites for hydroxylation is 1. The first kappa shape index (κ1) is 14.4. The molecule has 1 aliphatic heterocycles. The number of thiazole rings is 1. The molecule has 0 saturated carbocycles. The second kappa shape index (κ2) is 6.98. The van der Waals surface area contributed by atoms with Gasteiger partial charge < -0.3 is 10.1 Å². The van der Waals surface area contributed by atoms with E-state index < -0.39 is 0 Å². The summed E-state index contributed by atoms with van der Waals surface area (Å²) in [6, 6.07) is -0.299. The van der Waals surface area contributed by atoms with Crippen molar-refractivity contribution < 1.29 is 9.53 Å². The van der Waals surface area contributed by atoms with E-state index in [-0.39, 0.29) is 12.0 Å². The van der Waals surface area contributed by atoms with Crippen LogP contribution in [0.15, 0.2) is 5.51 Å². The van der Waals surface area contributed by atoms with Crippen LogP contribution in [0.5, 0.6) is 0 Å². The maximum Gasteiger partial charge on any atom is 0.328 e. The number of aromatic nitrogens is 1. The molecule has 0 radical (unpaired) electrons. The van der Waals surface area contributed by atoms with Crippen molar-refractivity contribution in [1.29, 1.82) is 0 Å². The predicted molar refractivity (Wildman–Crippen MR) is 75.3 cm³/mol. The van der Waals surface area contributed by atoms with Crippen LogP contribution in [0.2, 0.25) is 0 Å². The summed E-state index contributed by atoms with van der Waals surface area (Å²) in [7, 11) is 0. The van der Waals surface area contributed by atoms with Crippen molar-refractivity contribution in [1.82, 2.24) is 15.2 Å². The zero-order chi connectivity index (χ0) is 13.7. The zero-order valence-electron chi connectivity index (χ0n) is 11.5. The second-order valence-electron chi connectivity index (χ2n) is 4.60. The number of esters is 1. The molecule has 1 fully saturated rings. The van der Waals surface area contributed by atoms with Gasteiger partial charge in [0.1, 0.15) is 6.04 Å². The van der Waals surface area contributed by atoms with E-state index in [0.29, 0.717) is 6.61 Å². The van der Waals surface area contributed by atoms with Crippen molar-refractivity contribution in [2.45, 2.75) is 26.3 Å². The molecular formula is C13H21N3O2S. The normalized spacial score (nSPS) is 18.8. The van der Waals surface area contributed by atoms with Gasteiger partial charge in [0.05, 0.1) is 22.7 Å². The zero-order valence-corrected chi connectivity index (χ0v) is 12.3. The number of carbonyl (C=O) groups excluding carboxylic acids is 1. The number of hydrogen-bond acceptors (Lipinski definition) is 6. The number of ether oxygens (including phenoxy) is 1. The first-order chi connectivity index (χ1) is 9.24. The largest absolute Gasteiger partial charge is 0.465 e. The van der Waals surface area contributed by atoms with Crippen LogP contribution >= 0.6 is 11.3 Å². The highest BCUT2D eigenvalue weighted by atomic mass is 32.1. The molecule has 106 valence electrons. The van der Waals surface area contributed by atoms with Crippen LogP contribution in [0.4, 0.5) is 0 Å². The van der Waals surface area contributed by atoms with E-state index in [2.05, 4.69) is 15.2 Å². The van der Waals surface area contributed by atoms with E-state index in [1.54, 1.807) is 5.51 Å². The third-order valence-electron chi connectivity index (χ3n) is 3.28. The molecule has 1 unspecified atom stereocenters. The summed E-state index contributed by atoms with van der Waals surface area (Å²) in [6.07, 6.45) is 1.05. The lowest BCUT2D eigenvalue weighted by Gasteiger charge is -2.28. The topological polar surface area (TPSA) is 54.5 Å². The van der Waals surface area contributed by atoms with Crippen LogP contribution in [0.3, 0.4) is 0 Å². The Labute approximate surface area is 118 Å². The van der Waals surface area contributed by atoms with Gasteiger partial charge in [-0.05, 0) is 26.8 Å². The van der Waals surface area contributed by atoms with Crippen molar-refractivity contribution in [3.63, 3.8) is 0 Å². The predicted octanol–water partition coefficient (Wildman–Crippen LogP) is 1.35. The van der Waals surface area contributed by atoms with Crippen LogP contribution in [-0.4, -0.2) is 48.6 Å². The third-order valence-corrected chi connectivity index (χ3v) is 4.26. The highest BCUT2D eigenvalue weighted by Crippen LogP contribution is 2.28. The fraction of sp³-hybridized carbons (Fsp3) is 0.692. The van der Waals surface area contributed by atoms with Crippen LogP contribution in [-0.2, 0) is 9.53 Å². The molecule has 6 heteroatoms. The van der Waals surface area contributed by atoms with Gasteiger partial charge in [0.2, 0.25) is 0 Å². The minimum absolute atomic E-state index is 0.156. The summed E-state index contributed by atoms with van der Waals surface area (Å²) < 4.78 is 5.25. The Kier molecular flexibility index (Phi) is 5.30. The van der Waals surface area contributed by atoms with E-state index >= 15 is 0 Å². The number of hydrogen-bond donors (Lipinski definition) is 1. The molecule has 0 amide bonds. The van der Waals surface area contributed by atoms with Gasteiger partial charge in [-0.2, -0.15) is 0 Å². The second-order valence-corrected chi connectivity index (χ2v) is 5.48. The fourth-order valence-electron chi connectivity index (χ4n) is 2.34. The molecule has 1 aliphatic rings. The molecule has 0 spiro atoms. The molecule has 0 aliphatic carbocycles. The molecule has 19 heavy (non-hydrogen) atoms. The van der Waals surface area contributed by atoms with Gasteiger partial charge in [-0.1, -0.05) is 0 Å². The molecular weight excluding hydrogens is 262 g/mol. The minimum Gasteiger partial charge on any atom is -0.465 e. The Hall–Kier alpha value is -0.980. The van der Waals surface area contributed by atoms with Gasteiger partial charge in [-0.25, -0.2) is 9.78 Å². The summed E-state index contributed by atoms with van der Waals surface area (Å²) >= 11 is 1.54. The molecule has 2 rings (SSSR count). The van der Waals surface area contributed by atoms with Crippen molar-refractivity contribution in [2.24, 2.45) is 0 Å². The van der Waals surface area contributed by atoms with Gasteiger partial charge in [-0.3, -0.25) is 4.90 Å². The minimum atomic E-state index is -0.299. The third kappa shape index (κ3) is 3.52. The number of nitrogens with one attached hydrogen (secondary N) is 1. The summed E-state index contributed by atoms with van der Waals surface area (Å²) in [5.74, 6) is -0.156. The summed E-state index contributed by atoms with van der Waals surface area (Å²) in [5.41, 5.74) is 2.73. The van der Waals surface area contributed by atoms with Crippen LogP contribution in [0.25, 0.3) is 0 Å². The lowest BCUT2D eigenvalue weighted by molar-refractivity contribution is -0.149. The van der Waals surface area contributed by atoms with Crippen molar-refractivity contribution in [3.05, 3.63) is 16.1 Å². The van der Waals surface area contributed by atoms with Crippen LogP contribution in [0, 0.1) is 6.92 Å². The summed E-state index contributed by atoms with van der Waals surface area (Å²) in [5, 5.41) is 3.36. The molecule has 0 bridgehead atoms. The van der Waals surface area contributed by atoms with E-state index in [0.717, 1.165) is 43.2 Å². The van der Waals surface area contributed by atoms with Crippen LogP contribution < -0.4 is 5.32 Å². The number of nitrogens with zero attached hydrogens (tertiary/aromatic N) is 2. The average molecular weight is 283 g/mol. The Morgan fingerprint density at radius 1 is 1.58 bits per heavy atom. The molecule has 1 saturated heterocycles. The molecule has 1 N–H and O–H groups in total.